The van der Waals surface area contributed by atoms with Crippen LogP contribution in [0.5, 0.6) is 0 Å². The molecular weight excluding hydrogens is 420 g/mol. The lowest BCUT2D eigenvalue weighted by molar-refractivity contribution is 0.102. The molecule has 124 valence electrons. The Hall–Kier alpha value is -1.95. The summed E-state index contributed by atoms with van der Waals surface area (Å²) in [6, 6.07) is 15.4. The molecule has 3 aromatic carbocycles. The lowest BCUT2D eigenvalue weighted by atomic mass is 10.0. The van der Waals surface area contributed by atoms with Crippen molar-refractivity contribution in [3.8, 4) is 0 Å². The van der Waals surface area contributed by atoms with Crippen LogP contribution in [0.15, 0.2) is 53.0 Å². The van der Waals surface area contributed by atoms with Crippen LogP contribution in [0.2, 0.25) is 5.02 Å². The number of fused-ring (bicyclic) bond motifs is 2. The van der Waals surface area contributed by atoms with Gasteiger partial charge in [-0.2, -0.15) is 0 Å². The first-order valence-corrected chi connectivity index (χ1v) is 9.56. The fourth-order valence-corrected chi connectivity index (χ4v) is 4.20. The molecule has 0 spiro atoms. The zero-order valence-corrected chi connectivity index (χ0v) is 16.3. The molecule has 3 nitrogen and oxygen atoms in total. The molecule has 4 aromatic rings. The molecule has 0 bridgehead atoms. The second-order valence-electron chi connectivity index (χ2n) is 5.71. The molecule has 1 heterocycles. The number of aryl methyl sites for hydroxylation is 1. The molecule has 1 N–H and O–H groups in total. The summed E-state index contributed by atoms with van der Waals surface area (Å²) in [5, 5.41) is 6.06. The van der Waals surface area contributed by atoms with Gasteiger partial charge in [-0.1, -0.05) is 57.1 Å². The fourth-order valence-electron chi connectivity index (χ4n) is 2.72. The number of nitrogens with one attached hydrogen (secondary N) is 1. The number of thiazole rings is 1. The third-order valence-corrected chi connectivity index (χ3v) is 5.81. The van der Waals surface area contributed by atoms with E-state index >= 15 is 0 Å². The maximum absolute atomic E-state index is 12.7. The third kappa shape index (κ3) is 3.15. The van der Waals surface area contributed by atoms with Crippen LogP contribution in [-0.4, -0.2) is 10.9 Å². The quantitative estimate of drug-likeness (QED) is 0.397. The minimum Gasteiger partial charge on any atom is -0.298 e. The van der Waals surface area contributed by atoms with Gasteiger partial charge in [0.15, 0.2) is 5.13 Å². The monoisotopic (exact) mass is 430 g/mol. The first-order valence-electron chi connectivity index (χ1n) is 7.57. The average molecular weight is 432 g/mol. The number of carbonyl (C=O) groups is 1. The van der Waals surface area contributed by atoms with Gasteiger partial charge in [0.2, 0.25) is 0 Å². The van der Waals surface area contributed by atoms with Gasteiger partial charge in [-0.3, -0.25) is 10.1 Å². The summed E-state index contributed by atoms with van der Waals surface area (Å²) in [5.74, 6) is -0.171. The molecule has 0 unspecified atom stereocenters. The number of hydrogen-bond donors (Lipinski definition) is 1. The number of hydrogen-bond acceptors (Lipinski definition) is 3. The Labute approximate surface area is 161 Å². The number of amides is 1. The van der Waals surface area contributed by atoms with Gasteiger partial charge < -0.3 is 0 Å². The van der Waals surface area contributed by atoms with Crippen molar-refractivity contribution in [2.75, 3.05) is 5.32 Å². The lowest BCUT2D eigenvalue weighted by Crippen LogP contribution is -2.12. The SMILES string of the molecule is Cc1cc2sc(NC(=O)c3cccc4cc(Br)ccc34)nc2cc1Cl. The first kappa shape index (κ1) is 16.5. The van der Waals surface area contributed by atoms with Gasteiger partial charge in [-0.05, 0) is 53.6 Å². The molecule has 1 amide bonds. The zero-order valence-electron chi connectivity index (χ0n) is 13.1. The van der Waals surface area contributed by atoms with Crippen LogP contribution < -0.4 is 5.32 Å². The molecule has 0 atom stereocenters. The molecule has 0 saturated heterocycles. The van der Waals surface area contributed by atoms with Crippen molar-refractivity contribution in [1.29, 1.82) is 0 Å². The van der Waals surface area contributed by atoms with Crippen LogP contribution >= 0.6 is 38.9 Å². The molecule has 0 saturated carbocycles. The van der Waals surface area contributed by atoms with Gasteiger partial charge in [0.05, 0.1) is 10.2 Å². The van der Waals surface area contributed by atoms with E-state index in [0.717, 1.165) is 31.0 Å². The van der Waals surface area contributed by atoms with Gasteiger partial charge in [0.1, 0.15) is 0 Å². The van der Waals surface area contributed by atoms with Gasteiger partial charge >= 0.3 is 0 Å². The van der Waals surface area contributed by atoms with E-state index in [4.69, 9.17) is 11.6 Å². The maximum Gasteiger partial charge on any atom is 0.258 e. The fraction of sp³-hybridized carbons (Fsp3) is 0.0526. The first-order chi connectivity index (χ1) is 12.0. The molecular formula is C19H12BrClN2OS. The highest BCUT2D eigenvalue weighted by molar-refractivity contribution is 9.10. The summed E-state index contributed by atoms with van der Waals surface area (Å²) in [6.45, 7) is 1.95. The van der Waals surface area contributed by atoms with Crippen molar-refractivity contribution in [1.82, 2.24) is 4.98 Å². The Balaban J connectivity index is 1.71. The molecule has 25 heavy (non-hydrogen) atoms. The minimum atomic E-state index is -0.171. The van der Waals surface area contributed by atoms with Gasteiger partial charge in [-0.15, -0.1) is 0 Å². The van der Waals surface area contributed by atoms with Crippen molar-refractivity contribution in [3.63, 3.8) is 0 Å². The summed E-state index contributed by atoms with van der Waals surface area (Å²) < 4.78 is 1.98. The highest BCUT2D eigenvalue weighted by Crippen LogP contribution is 2.31. The van der Waals surface area contributed by atoms with E-state index < -0.39 is 0 Å². The van der Waals surface area contributed by atoms with E-state index in [-0.39, 0.29) is 5.91 Å². The molecule has 6 heteroatoms. The molecule has 1 aromatic heterocycles. The number of halogens is 2. The topological polar surface area (TPSA) is 42.0 Å². The van der Waals surface area contributed by atoms with Gasteiger partial charge in [-0.25, -0.2) is 4.98 Å². The van der Waals surface area contributed by atoms with E-state index in [0.29, 0.717) is 15.7 Å². The molecule has 0 fully saturated rings. The number of carbonyl (C=O) groups excluding carboxylic acids is 1. The Morgan fingerprint density at radius 1 is 1.20 bits per heavy atom. The van der Waals surface area contributed by atoms with Gasteiger partial charge in [0, 0.05) is 15.1 Å². The van der Waals surface area contributed by atoms with Gasteiger partial charge in [0.25, 0.3) is 5.91 Å². The van der Waals surface area contributed by atoms with Crippen molar-refractivity contribution >= 4 is 70.9 Å². The number of aromatic nitrogens is 1. The summed E-state index contributed by atoms with van der Waals surface area (Å²) in [6.07, 6.45) is 0. The Morgan fingerprint density at radius 2 is 2.04 bits per heavy atom. The number of rotatable bonds is 2. The molecule has 0 radical (unpaired) electrons. The van der Waals surface area contributed by atoms with Crippen molar-refractivity contribution in [3.05, 3.63) is 69.2 Å². The lowest BCUT2D eigenvalue weighted by Gasteiger charge is -2.06. The highest BCUT2D eigenvalue weighted by Gasteiger charge is 2.13. The smallest absolute Gasteiger partial charge is 0.258 e. The summed E-state index contributed by atoms with van der Waals surface area (Å²) in [4.78, 5) is 17.2. The van der Waals surface area contributed by atoms with E-state index in [2.05, 4.69) is 26.2 Å². The van der Waals surface area contributed by atoms with Crippen LogP contribution in [0.25, 0.3) is 21.0 Å². The molecule has 4 rings (SSSR count). The van der Waals surface area contributed by atoms with E-state index in [1.54, 1.807) is 0 Å². The number of anilines is 1. The minimum absolute atomic E-state index is 0.171. The summed E-state index contributed by atoms with van der Waals surface area (Å²) in [5.41, 5.74) is 2.41. The largest absolute Gasteiger partial charge is 0.298 e. The number of nitrogens with zero attached hydrogens (tertiary/aromatic N) is 1. The van der Waals surface area contributed by atoms with E-state index in [1.165, 1.54) is 11.3 Å². The predicted molar refractivity (Wildman–Crippen MR) is 109 cm³/mol. The van der Waals surface area contributed by atoms with Crippen LogP contribution in [0.1, 0.15) is 15.9 Å². The summed E-state index contributed by atoms with van der Waals surface area (Å²) in [7, 11) is 0. The maximum atomic E-state index is 12.7. The Kier molecular flexibility index (Phi) is 4.23. The molecule has 0 aliphatic heterocycles. The second-order valence-corrected chi connectivity index (χ2v) is 8.07. The predicted octanol–water partition coefficient (Wildman–Crippen LogP) is 6.43. The van der Waals surface area contributed by atoms with E-state index in [1.807, 2.05) is 55.5 Å². The highest BCUT2D eigenvalue weighted by atomic mass is 79.9. The van der Waals surface area contributed by atoms with Crippen LogP contribution in [0.3, 0.4) is 0 Å². The standard InChI is InChI=1S/C19H12BrClN2OS/c1-10-7-17-16(9-15(10)21)22-19(25-17)23-18(24)14-4-2-3-11-8-12(20)5-6-13(11)14/h2-9H,1H3,(H,22,23,24). The zero-order chi connectivity index (χ0) is 17.6. The van der Waals surface area contributed by atoms with Crippen LogP contribution in [0.4, 0.5) is 5.13 Å². The molecule has 0 aliphatic carbocycles. The van der Waals surface area contributed by atoms with E-state index in [9.17, 15) is 4.79 Å². The second kappa shape index (κ2) is 6.41. The third-order valence-electron chi connectivity index (χ3n) is 3.98. The summed E-state index contributed by atoms with van der Waals surface area (Å²) >= 11 is 11.1. The normalized spacial score (nSPS) is 11.2. The van der Waals surface area contributed by atoms with Crippen molar-refractivity contribution in [2.45, 2.75) is 6.92 Å². The molecule has 0 aliphatic rings. The van der Waals surface area contributed by atoms with Crippen molar-refractivity contribution < 1.29 is 4.79 Å². The van der Waals surface area contributed by atoms with Crippen LogP contribution in [-0.2, 0) is 0 Å². The number of benzene rings is 3. The average Bonchev–Trinajstić information content (AvgIpc) is 2.95. The van der Waals surface area contributed by atoms with Crippen molar-refractivity contribution in [2.24, 2.45) is 0 Å². The Bertz CT molecular complexity index is 1100. The Morgan fingerprint density at radius 3 is 2.88 bits per heavy atom. The van der Waals surface area contributed by atoms with Crippen LogP contribution in [0, 0.1) is 6.92 Å².